The quantitative estimate of drug-likeness (QED) is 0.343. The third kappa shape index (κ3) is 4.53. The number of hydrogen-bond donors (Lipinski definition) is 1. The van der Waals surface area contributed by atoms with E-state index >= 15 is 0 Å². The third-order valence-electron chi connectivity index (χ3n) is 5.90. The maximum Gasteiger partial charge on any atom is 0.174 e. The molecule has 0 bridgehead atoms. The number of thiocarbonyl (C=S) groups is 1. The van der Waals surface area contributed by atoms with Gasteiger partial charge in [-0.3, -0.25) is 4.98 Å². The van der Waals surface area contributed by atoms with Crippen molar-refractivity contribution in [2.45, 2.75) is 18.6 Å². The van der Waals surface area contributed by atoms with Gasteiger partial charge in [-0.1, -0.05) is 24.3 Å². The van der Waals surface area contributed by atoms with E-state index in [1.165, 1.54) is 0 Å². The number of ether oxygens (including phenoxy) is 2. The van der Waals surface area contributed by atoms with Gasteiger partial charge in [0.2, 0.25) is 0 Å². The van der Waals surface area contributed by atoms with Crippen molar-refractivity contribution in [2.24, 2.45) is 0 Å². The van der Waals surface area contributed by atoms with Crippen molar-refractivity contribution in [2.75, 3.05) is 18.6 Å². The molecule has 0 amide bonds. The van der Waals surface area contributed by atoms with E-state index < -0.39 is 0 Å². The van der Waals surface area contributed by atoms with Gasteiger partial charge >= 0.3 is 0 Å². The molecule has 1 aliphatic rings. The van der Waals surface area contributed by atoms with Crippen LogP contribution in [0.5, 0.6) is 11.5 Å². The molecule has 0 spiro atoms. The minimum atomic E-state index is -0.0925. The van der Waals surface area contributed by atoms with Crippen LogP contribution in [-0.2, 0) is 11.3 Å². The molecule has 0 aliphatic carbocycles. The van der Waals surface area contributed by atoms with Crippen molar-refractivity contribution in [1.29, 1.82) is 0 Å². The van der Waals surface area contributed by atoms with Gasteiger partial charge in [-0.2, -0.15) is 0 Å². The summed E-state index contributed by atoms with van der Waals surface area (Å²) in [4.78, 5) is 6.80. The molecule has 4 aromatic rings. The number of para-hydroxylation sites is 1. The smallest absolute Gasteiger partial charge is 0.174 e. The predicted octanol–water partition coefficient (Wildman–Crippen LogP) is 5.50. The molecule has 1 aliphatic heterocycles. The standard InChI is InChI=1S/C27H26N4O2S/c1-32-19-18-30-17-7-11-24(30)26-25(23-10-5-6-16-28-23)29-27(34)31(26)20-12-14-22(15-13-20)33-21-8-3-2-4-9-21/h2-17,25-26H,18-19H2,1H3,(H,29,34)/t25-,26+/m1/s1. The van der Waals surface area contributed by atoms with E-state index in [0.29, 0.717) is 11.7 Å². The molecule has 7 heteroatoms. The van der Waals surface area contributed by atoms with E-state index in [1.54, 1.807) is 7.11 Å². The van der Waals surface area contributed by atoms with Crippen LogP contribution >= 0.6 is 12.2 Å². The number of anilines is 1. The zero-order chi connectivity index (χ0) is 23.3. The fourth-order valence-electron chi connectivity index (χ4n) is 4.32. The Kier molecular flexibility index (Phi) is 6.56. The Bertz CT molecular complexity index is 1230. The zero-order valence-corrected chi connectivity index (χ0v) is 19.7. The van der Waals surface area contributed by atoms with Crippen molar-refractivity contribution < 1.29 is 9.47 Å². The molecule has 6 nitrogen and oxygen atoms in total. The Hall–Kier alpha value is -3.68. The van der Waals surface area contributed by atoms with Crippen molar-refractivity contribution in [3.63, 3.8) is 0 Å². The Labute approximate surface area is 204 Å². The van der Waals surface area contributed by atoms with E-state index in [9.17, 15) is 0 Å². The van der Waals surface area contributed by atoms with Crippen molar-refractivity contribution >= 4 is 23.0 Å². The molecule has 1 N–H and O–H groups in total. The van der Waals surface area contributed by atoms with Gasteiger partial charge in [0.1, 0.15) is 17.5 Å². The molecular formula is C27H26N4O2S. The number of methoxy groups -OCH3 is 1. The predicted molar refractivity (Wildman–Crippen MR) is 137 cm³/mol. The van der Waals surface area contributed by atoms with Crippen molar-refractivity contribution in [1.82, 2.24) is 14.9 Å². The number of nitrogens with one attached hydrogen (secondary N) is 1. The number of aromatic nitrogens is 2. The molecule has 3 heterocycles. The minimum absolute atomic E-state index is 0.0739. The lowest BCUT2D eigenvalue weighted by atomic mass is 10.0. The first-order valence-electron chi connectivity index (χ1n) is 11.2. The molecule has 2 aromatic heterocycles. The van der Waals surface area contributed by atoms with E-state index in [-0.39, 0.29) is 12.1 Å². The summed E-state index contributed by atoms with van der Waals surface area (Å²) in [6, 6.07) is 27.8. The van der Waals surface area contributed by atoms with Crippen LogP contribution in [0.4, 0.5) is 5.69 Å². The highest BCUT2D eigenvalue weighted by molar-refractivity contribution is 7.80. The molecular weight excluding hydrogens is 444 g/mol. The minimum Gasteiger partial charge on any atom is -0.457 e. The summed E-state index contributed by atoms with van der Waals surface area (Å²) < 4.78 is 13.5. The molecule has 172 valence electrons. The molecule has 5 rings (SSSR count). The second-order valence-electron chi connectivity index (χ2n) is 8.02. The van der Waals surface area contributed by atoms with E-state index in [4.69, 9.17) is 21.7 Å². The summed E-state index contributed by atoms with van der Waals surface area (Å²) in [7, 11) is 1.72. The summed E-state index contributed by atoms with van der Waals surface area (Å²) in [6.45, 7) is 1.39. The van der Waals surface area contributed by atoms with Gasteiger partial charge in [0.15, 0.2) is 5.11 Å². The average Bonchev–Trinajstić information content (AvgIpc) is 3.48. The lowest BCUT2D eigenvalue weighted by Gasteiger charge is -2.29. The van der Waals surface area contributed by atoms with Gasteiger partial charge in [-0.25, -0.2) is 0 Å². The van der Waals surface area contributed by atoms with Crippen LogP contribution in [0.1, 0.15) is 23.5 Å². The second kappa shape index (κ2) is 10.1. The fourth-order valence-corrected chi connectivity index (χ4v) is 4.67. The van der Waals surface area contributed by atoms with Crippen molar-refractivity contribution in [3.05, 3.63) is 109 Å². The monoisotopic (exact) mass is 470 g/mol. The summed E-state index contributed by atoms with van der Waals surface area (Å²) >= 11 is 5.84. The van der Waals surface area contributed by atoms with Crippen molar-refractivity contribution in [3.8, 4) is 11.5 Å². The van der Waals surface area contributed by atoms with Crippen LogP contribution in [0.25, 0.3) is 0 Å². The van der Waals surface area contributed by atoms with Crippen LogP contribution in [0.15, 0.2) is 97.3 Å². The molecule has 1 saturated heterocycles. The first-order valence-corrected chi connectivity index (χ1v) is 11.6. The van der Waals surface area contributed by atoms with Gasteiger partial charge in [0.25, 0.3) is 0 Å². The largest absolute Gasteiger partial charge is 0.457 e. The zero-order valence-electron chi connectivity index (χ0n) is 18.9. The lowest BCUT2D eigenvalue weighted by Crippen LogP contribution is -2.30. The molecule has 1 fully saturated rings. The van der Waals surface area contributed by atoms with Gasteiger partial charge in [-0.15, -0.1) is 0 Å². The van der Waals surface area contributed by atoms with Gasteiger partial charge in [0.05, 0.1) is 18.3 Å². The molecule has 2 atom stereocenters. The SMILES string of the molecule is COCCn1cccc1[C@H]1[C@@H](c2ccccn2)NC(=S)N1c1ccc(Oc2ccccc2)cc1. The van der Waals surface area contributed by atoms with Crippen LogP contribution in [0.3, 0.4) is 0 Å². The first kappa shape index (κ1) is 22.1. The van der Waals surface area contributed by atoms with Gasteiger partial charge < -0.3 is 24.3 Å². The van der Waals surface area contributed by atoms with Crippen LogP contribution in [-0.4, -0.2) is 28.4 Å². The van der Waals surface area contributed by atoms with E-state index in [2.05, 4.69) is 38.1 Å². The Morgan fingerprint density at radius 3 is 2.41 bits per heavy atom. The molecule has 0 saturated carbocycles. The molecule has 0 radical (unpaired) electrons. The van der Waals surface area contributed by atoms with Crippen LogP contribution in [0.2, 0.25) is 0 Å². The number of rotatable bonds is 8. The Balaban J connectivity index is 1.49. The maximum absolute atomic E-state index is 5.98. The van der Waals surface area contributed by atoms with E-state index in [1.807, 2.05) is 79.0 Å². The highest BCUT2D eigenvalue weighted by atomic mass is 32.1. The van der Waals surface area contributed by atoms with Gasteiger partial charge in [-0.05, 0) is 72.9 Å². The number of nitrogens with zero attached hydrogens (tertiary/aromatic N) is 3. The van der Waals surface area contributed by atoms with Crippen LogP contribution in [0, 0.1) is 0 Å². The molecule has 34 heavy (non-hydrogen) atoms. The topological polar surface area (TPSA) is 51.5 Å². The lowest BCUT2D eigenvalue weighted by molar-refractivity contribution is 0.186. The highest BCUT2D eigenvalue weighted by Gasteiger charge is 2.41. The average molecular weight is 471 g/mol. The maximum atomic E-state index is 5.98. The normalized spacial score (nSPS) is 17.6. The van der Waals surface area contributed by atoms with Gasteiger partial charge in [0, 0.05) is 37.4 Å². The Morgan fingerprint density at radius 2 is 1.68 bits per heavy atom. The molecule has 0 unspecified atom stereocenters. The summed E-state index contributed by atoms with van der Waals surface area (Å²) in [6.07, 6.45) is 3.90. The first-order chi connectivity index (χ1) is 16.7. The number of pyridine rings is 1. The van der Waals surface area contributed by atoms with Crippen LogP contribution < -0.4 is 15.0 Å². The summed E-state index contributed by atoms with van der Waals surface area (Å²) in [5.74, 6) is 1.58. The highest BCUT2D eigenvalue weighted by Crippen LogP contribution is 2.42. The molecule has 2 aromatic carbocycles. The summed E-state index contributed by atoms with van der Waals surface area (Å²) in [5, 5.41) is 4.18. The number of hydrogen-bond acceptors (Lipinski definition) is 4. The second-order valence-corrected chi connectivity index (χ2v) is 8.41. The fraction of sp³-hybridized carbons (Fsp3) is 0.185. The summed E-state index contributed by atoms with van der Waals surface area (Å²) in [5.41, 5.74) is 3.08. The van der Waals surface area contributed by atoms with E-state index in [0.717, 1.165) is 35.1 Å². The number of benzene rings is 2. The third-order valence-corrected chi connectivity index (χ3v) is 6.21. The Morgan fingerprint density at radius 1 is 0.912 bits per heavy atom.